The lowest BCUT2D eigenvalue weighted by Crippen LogP contribution is -2.32. The summed E-state index contributed by atoms with van der Waals surface area (Å²) >= 11 is 0. The van der Waals surface area contributed by atoms with E-state index in [4.69, 9.17) is 5.73 Å². The van der Waals surface area contributed by atoms with Gasteiger partial charge in [-0.05, 0) is 23.6 Å². The number of nitrogens with zero attached hydrogens (tertiary/aromatic N) is 2. The number of benzene rings is 1. The van der Waals surface area contributed by atoms with Crippen LogP contribution in [0.1, 0.15) is 30.9 Å². The molecule has 23 heavy (non-hydrogen) atoms. The second-order valence-electron chi connectivity index (χ2n) is 5.47. The Labute approximate surface area is 136 Å². The van der Waals surface area contributed by atoms with E-state index in [2.05, 4.69) is 17.2 Å². The summed E-state index contributed by atoms with van der Waals surface area (Å²) in [5, 5.41) is 3.09. The molecule has 2 aromatic rings. The number of nitrogens with two attached hydrogens (primary N) is 1. The minimum absolute atomic E-state index is 0.00658. The molecule has 5 heteroatoms. The Bertz CT molecular complexity index is 689. The third-order valence-corrected chi connectivity index (χ3v) is 3.54. The van der Waals surface area contributed by atoms with E-state index in [0.717, 1.165) is 30.5 Å². The number of guanidine groups is 1. The Morgan fingerprint density at radius 3 is 2.61 bits per heavy atom. The van der Waals surface area contributed by atoms with Crippen molar-refractivity contribution in [1.82, 2.24) is 9.88 Å². The predicted octanol–water partition coefficient (Wildman–Crippen LogP) is 2.10. The summed E-state index contributed by atoms with van der Waals surface area (Å²) in [6.07, 6.45) is 4.01. The van der Waals surface area contributed by atoms with Crippen LogP contribution in [0.25, 0.3) is 0 Å². The average molecular weight is 312 g/mol. The van der Waals surface area contributed by atoms with Gasteiger partial charge >= 0.3 is 0 Å². The van der Waals surface area contributed by atoms with E-state index in [1.807, 2.05) is 30.3 Å². The van der Waals surface area contributed by atoms with Gasteiger partial charge in [-0.3, -0.25) is 4.79 Å². The van der Waals surface area contributed by atoms with Crippen molar-refractivity contribution in [2.75, 3.05) is 6.54 Å². The summed E-state index contributed by atoms with van der Waals surface area (Å²) in [5.74, 6) is 0.485. The molecule has 1 aromatic carbocycles. The number of nitrogens with one attached hydrogen (secondary N) is 1. The molecule has 0 atom stereocenters. The molecule has 5 nitrogen and oxygen atoms in total. The first-order valence-electron chi connectivity index (χ1n) is 7.96. The molecule has 3 N–H and O–H groups in total. The van der Waals surface area contributed by atoms with Gasteiger partial charge < -0.3 is 15.6 Å². The van der Waals surface area contributed by atoms with Gasteiger partial charge in [-0.25, -0.2) is 4.99 Å². The van der Waals surface area contributed by atoms with Crippen LogP contribution < -0.4 is 16.6 Å². The van der Waals surface area contributed by atoms with Crippen LogP contribution >= 0.6 is 0 Å². The Hall–Kier alpha value is -2.56. The van der Waals surface area contributed by atoms with E-state index in [9.17, 15) is 4.79 Å². The molecule has 1 aromatic heterocycles. The van der Waals surface area contributed by atoms with Gasteiger partial charge in [0.2, 0.25) is 0 Å². The number of hydrogen-bond donors (Lipinski definition) is 2. The lowest BCUT2D eigenvalue weighted by molar-refractivity contribution is 0.748. The first kappa shape index (κ1) is 16.8. The standard InChI is InChI=1S/C18H24N4O/c1-2-3-11-20-18(19)21-13-15-7-9-16(10-8-15)14-22-12-5-4-6-17(22)23/h4-10,12H,2-3,11,13-14H2,1H3,(H3,19,20,21). The van der Waals surface area contributed by atoms with Crippen LogP contribution in [0.2, 0.25) is 0 Å². The largest absolute Gasteiger partial charge is 0.370 e. The lowest BCUT2D eigenvalue weighted by atomic mass is 10.1. The Balaban J connectivity index is 1.91. The molecule has 0 aliphatic carbocycles. The number of unbranched alkanes of at least 4 members (excludes halogenated alkanes) is 1. The topological polar surface area (TPSA) is 72.4 Å². The third-order valence-electron chi connectivity index (χ3n) is 3.54. The fraction of sp³-hybridized carbons (Fsp3) is 0.333. The lowest BCUT2D eigenvalue weighted by Gasteiger charge is -2.07. The molecule has 0 saturated carbocycles. The van der Waals surface area contributed by atoms with E-state index in [-0.39, 0.29) is 5.56 Å². The van der Waals surface area contributed by atoms with Gasteiger partial charge in [0.25, 0.3) is 5.56 Å². The van der Waals surface area contributed by atoms with Crippen molar-refractivity contribution >= 4 is 5.96 Å². The Kier molecular flexibility index (Phi) is 6.41. The zero-order valence-corrected chi connectivity index (χ0v) is 13.5. The van der Waals surface area contributed by atoms with E-state index in [0.29, 0.717) is 19.0 Å². The second kappa shape index (κ2) is 8.78. The first-order chi connectivity index (χ1) is 11.2. The van der Waals surface area contributed by atoms with Crippen molar-refractivity contribution in [2.45, 2.75) is 32.9 Å². The van der Waals surface area contributed by atoms with Gasteiger partial charge in [0, 0.05) is 18.8 Å². The third kappa shape index (κ3) is 5.62. The Morgan fingerprint density at radius 1 is 1.17 bits per heavy atom. The van der Waals surface area contributed by atoms with Gasteiger partial charge in [0.05, 0.1) is 13.1 Å². The highest BCUT2D eigenvalue weighted by Crippen LogP contribution is 2.06. The summed E-state index contributed by atoms with van der Waals surface area (Å²) in [7, 11) is 0. The Morgan fingerprint density at radius 2 is 1.91 bits per heavy atom. The molecule has 0 amide bonds. The number of aromatic nitrogens is 1. The second-order valence-corrected chi connectivity index (χ2v) is 5.47. The molecule has 0 unspecified atom stereocenters. The van der Waals surface area contributed by atoms with Gasteiger partial charge in [0.15, 0.2) is 5.96 Å². The molecular weight excluding hydrogens is 288 g/mol. The number of pyridine rings is 1. The molecule has 2 rings (SSSR count). The van der Waals surface area contributed by atoms with Crippen molar-refractivity contribution in [3.8, 4) is 0 Å². The maximum absolute atomic E-state index is 11.7. The molecule has 122 valence electrons. The fourth-order valence-electron chi connectivity index (χ4n) is 2.16. The van der Waals surface area contributed by atoms with Crippen LogP contribution in [0.3, 0.4) is 0 Å². The molecular formula is C18H24N4O. The molecule has 0 saturated heterocycles. The van der Waals surface area contributed by atoms with Crippen molar-refractivity contribution in [2.24, 2.45) is 10.7 Å². The van der Waals surface area contributed by atoms with Crippen LogP contribution in [0, 0.1) is 0 Å². The summed E-state index contributed by atoms with van der Waals surface area (Å²) < 4.78 is 1.68. The summed E-state index contributed by atoms with van der Waals surface area (Å²) in [6.45, 7) is 4.12. The maximum Gasteiger partial charge on any atom is 0.250 e. The average Bonchev–Trinajstić information content (AvgIpc) is 2.56. The highest BCUT2D eigenvalue weighted by molar-refractivity contribution is 5.77. The highest BCUT2D eigenvalue weighted by atomic mass is 16.1. The van der Waals surface area contributed by atoms with Crippen molar-refractivity contribution < 1.29 is 0 Å². The monoisotopic (exact) mass is 312 g/mol. The first-order valence-corrected chi connectivity index (χ1v) is 7.96. The summed E-state index contributed by atoms with van der Waals surface area (Å²) in [5.41, 5.74) is 7.99. The predicted molar refractivity (Wildman–Crippen MR) is 94.5 cm³/mol. The zero-order chi connectivity index (χ0) is 16.5. The number of rotatable bonds is 7. The molecule has 0 spiro atoms. The SMILES string of the molecule is CCCCNC(N)=NCc1ccc(Cn2ccccc2=O)cc1. The van der Waals surface area contributed by atoms with E-state index in [1.54, 1.807) is 22.9 Å². The summed E-state index contributed by atoms with van der Waals surface area (Å²) in [4.78, 5) is 16.0. The van der Waals surface area contributed by atoms with Gasteiger partial charge in [0.1, 0.15) is 0 Å². The van der Waals surface area contributed by atoms with E-state index in [1.165, 1.54) is 0 Å². The van der Waals surface area contributed by atoms with Crippen LogP contribution in [0.15, 0.2) is 58.4 Å². The van der Waals surface area contributed by atoms with Crippen LogP contribution in [-0.4, -0.2) is 17.1 Å². The van der Waals surface area contributed by atoms with Crippen LogP contribution in [0.5, 0.6) is 0 Å². The normalized spacial score (nSPS) is 11.4. The minimum atomic E-state index is 0.00658. The molecule has 0 fully saturated rings. The van der Waals surface area contributed by atoms with Gasteiger partial charge in [-0.1, -0.05) is 43.7 Å². The van der Waals surface area contributed by atoms with Crippen molar-refractivity contribution in [3.63, 3.8) is 0 Å². The molecule has 0 bridgehead atoms. The number of aliphatic imine (C=N–C) groups is 1. The van der Waals surface area contributed by atoms with Crippen molar-refractivity contribution in [3.05, 3.63) is 70.1 Å². The molecule has 0 radical (unpaired) electrons. The maximum atomic E-state index is 11.7. The van der Waals surface area contributed by atoms with E-state index >= 15 is 0 Å². The number of hydrogen-bond acceptors (Lipinski definition) is 2. The minimum Gasteiger partial charge on any atom is -0.370 e. The quantitative estimate of drug-likeness (QED) is 0.467. The van der Waals surface area contributed by atoms with Crippen LogP contribution in [-0.2, 0) is 13.1 Å². The molecule has 1 heterocycles. The molecule has 0 aliphatic heterocycles. The van der Waals surface area contributed by atoms with E-state index < -0.39 is 0 Å². The highest BCUT2D eigenvalue weighted by Gasteiger charge is 1.98. The van der Waals surface area contributed by atoms with Gasteiger partial charge in [-0.2, -0.15) is 0 Å². The van der Waals surface area contributed by atoms with Crippen LogP contribution in [0.4, 0.5) is 0 Å². The summed E-state index contributed by atoms with van der Waals surface area (Å²) in [6, 6.07) is 13.3. The van der Waals surface area contributed by atoms with Gasteiger partial charge in [-0.15, -0.1) is 0 Å². The van der Waals surface area contributed by atoms with Crippen molar-refractivity contribution in [1.29, 1.82) is 0 Å². The zero-order valence-electron chi connectivity index (χ0n) is 13.5. The molecule has 0 aliphatic rings. The smallest absolute Gasteiger partial charge is 0.250 e. The fourth-order valence-corrected chi connectivity index (χ4v) is 2.16.